The van der Waals surface area contributed by atoms with E-state index in [-0.39, 0.29) is 11.2 Å². The third-order valence-corrected chi connectivity index (χ3v) is 3.92. The van der Waals surface area contributed by atoms with Gasteiger partial charge in [-0.1, -0.05) is 23.4 Å². The van der Waals surface area contributed by atoms with Gasteiger partial charge in [-0.15, -0.1) is 0 Å². The number of carbonyl (C=O) groups is 1. The number of rotatable bonds is 7. The summed E-state index contributed by atoms with van der Waals surface area (Å²) in [6.45, 7) is 2.64. The van der Waals surface area contributed by atoms with Crippen molar-refractivity contribution in [2.75, 3.05) is 13.2 Å². The Morgan fingerprint density at radius 2 is 2.00 bits per heavy atom. The molecule has 1 unspecified atom stereocenters. The van der Waals surface area contributed by atoms with Crippen LogP contribution < -0.4 is 10.1 Å². The van der Waals surface area contributed by atoms with Crippen molar-refractivity contribution in [2.45, 2.75) is 17.3 Å². The van der Waals surface area contributed by atoms with Crippen molar-refractivity contribution in [1.82, 2.24) is 15.3 Å². The maximum atomic E-state index is 11.9. The second-order valence-corrected chi connectivity index (χ2v) is 6.13. The zero-order valence-corrected chi connectivity index (χ0v) is 13.6. The van der Waals surface area contributed by atoms with Crippen LogP contribution in [0.1, 0.15) is 6.92 Å². The van der Waals surface area contributed by atoms with Crippen LogP contribution in [-0.4, -0.2) is 34.3 Å². The Morgan fingerprint density at radius 1 is 1.32 bits per heavy atom. The van der Waals surface area contributed by atoms with Gasteiger partial charge in [0.05, 0.1) is 11.8 Å². The molecule has 0 spiro atoms. The molecule has 1 N–H and O–H groups in total. The van der Waals surface area contributed by atoms with Gasteiger partial charge in [-0.05, 0) is 37.3 Å². The average molecular weight is 338 g/mol. The first-order chi connectivity index (χ1) is 10.6. The highest BCUT2D eigenvalue weighted by atomic mass is 35.5. The summed E-state index contributed by atoms with van der Waals surface area (Å²) in [5, 5.41) is 3.80. The van der Waals surface area contributed by atoms with Gasteiger partial charge in [0.25, 0.3) is 0 Å². The number of nitrogens with zero attached hydrogens (tertiary/aromatic N) is 2. The number of halogens is 1. The Hall–Kier alpha value is -1.79. The molecule has 2 aromatic rings. The summed E-state index contributed by atoms with van der Waals surface area (Å²) < 4.78 is 5.50. The van der Waals surface area contributed by atoms with Crippen LogP contribution in [0.15, 0.2) is 47.9 Å². The molecule has 2 rings (SSSR count). The van der Waals surface area contributed by atoms with E-state index in [0.29, 0.717) is 23.3 Å². The molecule has 0 aliphatic rings. The zero-order chi connectivity index (χ0) is 15.8. The number of benzene rings is 1. The molecule has 1 heterocycles. The standard InChI is InChI=1S/C15H16ClN3O2S/c1-11(22-15-18-7-2-8-19-15)14(20)17-9-10-21-13-5-3-12(16)4-6-13/h2-8,11H,9-10H2,1H3,(H,17,20). The second-order valence-electron chi connectivity index (χ2n) is 4.38. The Labute approximate surface area is 138 Å². The molecule has 1 aromatic heterocycles. The summed E-state index contributed by atoms with van der Waals surface area (Å²) >= 11 is 7.11. The predicted octanol–water partition coefficient (Wildman–Crippen LogP) is 2.81. The van der Waals surface area contributed by atoms with Gasteiger partial charge >= 0.3 is 0 Å². The molecule has 1 aromatic carbocycles. The molecule has 0 aliphatic carbocycles. The van der Waals surface area contributed by atoms with Crippen molar-refractivity contribution in [3.8, 4) is 5.75 Å². The van der Waals surface area contributed by atoms with Gasteiger partial charge in [0, 0.05) is 17.4 Å². The van der Waals surface area contributed by atoms with Gasteiger partial charge in [-0.25, -0.2) is 9.97 Å². The molecular weight excluding hydrogens is 322 g/mol. The molecule has 0 bridgehead atoms. The molecule has 0 fully saturated rings. The predicted molar refractivity (Wildman–Crippen MR) is 87.3 cm³/mol. The van der Waals surface area contributed by atoms with Crippen LogP contribution in [0.5, 0.6) is 5.75 Å². The SMILES string of the molecule is CC(Sc1ncccn1)C(=O)NCCOc1ccc(Cl)cc1. The van der Waals surface area contributed by atoms with Crippen LogP contribution in [0.25, 0.3) is 0 Å². The number of ether oxygens (including phenoxy) is 1. The first-order valence-electron chi connectivity index (χ1n) is 6.75. The van der Waals surface area contributed by atoms with Gasteiger partial charge in [0.2, 0.25) is 5.91 Å². The molecule has 0 radical (unpaired) electrons. The fourth-order valence-electron chi connectivity index (χ4n) is 1.58. The third kappa shape index (κ3) is 5.54. The van der Waals surface area contributed by atoms with Gasteiger partial charge in [-0.3, -0.25) is 4.79 Å². The lowest BCUT2D eigenvalue weighted by Gasteiger charge is -2.11. The highest BCUT2D eigenvalue weighted by molar-refractivity contribution is 8.00. The molecular formula is C15H16ClN3O2S. The number of hydrogen-bond acceptors (Lipinski definition) is 5. The summed E-state index contributed by atoms with van der Waals surface area (Å²) in [6, 6.07) is 8.83. The fourth-order valence-corrected chi connectivity index (χ4v) is 2.45. The Morgan fingerprint density at radius 3 is 2.68 bits per heavy atom. The van der Waals surface area contributed by atoms with Crippen LogP contribution in [-0.2, 0) is 4.79 Å². The van der Waals surface area contributed by atoms with Crippen molar-refractivity contribution in [2.24, 2.45) is 0 Å². The lowest BCUT2D eigenvalue weighted by molar-refractivity contribution is -0.120. The lowest BCUT2D eigenvalue weighted by atomic mass is 10.3. The van der Waals surface area contributed by atoms with E-state index in [1.807, 2.05) is 6.92 Å². The number of hydrogen-bond donors (Lipinski definition) is 1. The number of thioether (sulfide) groups is 1. The molecule has 22 heavy (non-hydrogen) atoms. The van der Waals surface area contributed by atoms with Gasteiger partial charge in [0.1, 0.15) is 12.4 Å². The van der Waals surface area contributed by atoms with E-state index in [2.05, 4.69) is 15.3 Å². The molecule has 1 amide bonds. The van der Waals surface area contributed by atoms with Crippen molar-refractivity contribution >= 4 is 29.3 Å². The monoisotopic (exact) mass is 337 g/mol. The summed E-state index contributed by atoms with van der Waals surface area (Å²) in [6.07, 6.45) is 3.31. The van der Waals surface area contributed by atoms with Crippen molar-refractivity contribution in [1.29, 1.82) is 0 Å². The highest BCUT2D eigenvalue weighted by Gasteiger charge is 2.15. The minimum Gasteiger partial charge on any atom is -0.492 e. The first-order valence-corrected chi connectivity index (χ1v) is 8.00. The lowest BCUT2D eigenvalue weighted by Crippen LogP contribution is -2.34. The van der Waals surface area contributed by atoms with Crippen LogP contribution in [0.4, 0.5) is 0 Å². The summed E-state index contributed by atoms with van der Waals surface area (Å²) in [4.78, 5) is 20.1. The van der Waals surface area contributed by atoms with Crippen LogP contribution >= 0.6 is 23.4 Å². The van der Waals surface area contributed by atoms with E-state index >= 15 is 0 Å². The minimum absolute atomic E-state index is 0.0721. The molecule has 7 heteroatoms. The maximum absolute atomic E-state index is 11.9. The van der Waals surface area contributed by atoms with Gasteiger partial charge < -0.3 is 10.1 Å². The molecule has 5 nitrogen and oxygen atoms in total. The fraction of sp³-hybridized carbons (Fsp3) is 0.267. The molecule has 1 atom stereocenters. The highest BCUT2D eigenvalue weighted by Crippen LogP contribution is 2.18. The Kier molecular flexibility index (Phi) is 6.48. The Balaban J connectivity index is 1.67. The van der Waals surface area contributed by atoms with E-state index in [4.69, 9.17) is 16.3 Å². The molecule has 0 saturated carbocycles. The number of carbonyl (C=O) groups excluding carboxylic acids is 1. The summed E-state index contributed by atoms with van der Waals surface area (Å²) in [7, 11) is 0. The molecule has 0 aliphatic heterocycles. The van der Waals surface area contributed by atoms with Crippen LogP contribution in [0.2, 0.25) is 5.02 Å². The second kappa shape index (κ2) is 8.60. The van der Waals surface area contributed by atoms with Gasteiger partial charge in [0.15, 0.2) is 5.16 Å². The minimum atomic E-state index is -0.266. The normalized spacial score (nSPS) is 11.7. The largest absolute Gasteiger partial charge is 0.492 e. The molecule has 116 valence electrons. The molecule has 0 saturated heterocycles. The topological polar surface area (TPSA) is 64.1 Å². The van der Waals surface area contributed by atoms with E-state index in [9.17, 15) is 4.79 Å². The van der Waals surface area contributed by atoms with E-state index in [0.717, 1.165) is 5.75 Å². The average Bonchev–Trinajstić information content (AvgIpc) is 2.54. The Bertz CT molecular complexity index is 595. The van der Waals surface area contributed by atoms with E-state index in [1.165, 1.54) is 11.8 Å². The zero-order valence-electron chi connectivity index (χ0n) is 12.0. The summed E-state index contributed by atoms with van der Waals surface area (Å²) in [5.74, 6) is 0.649. The van der Waals surface area contributed by atoms with Crippen LogP contribution in [0, 0.1) is 0 Å². The smallest absolute Gasteiger partial charge is 0.233 e. The van der Waals surface area contributed by atoms with E-state index in [1.54, 1.807) is 42.7 Å². The quantitative estimate of drug-likeness (QED) is 0.478. The van der Waals surface area contributed by atoms with Crippen molar-refractivity contribution < 1.29 is 9.53 Å². The first kappa shape index (κ1) is 16.6. The van der Waals surface area contributed by atoms with E-state index < -0.39 is 0 Å². The maximum Gasteiger partial charge on any atom is 0.233 e. The number of aromatic nitrogens is 2. The summed E-state index contributed by atoms with van der Waals surface area (Å²) in [5.41, 5.74) is 0. The third-order valence-electron chi connectivity index (χ3n) is 2.68. The van der Waals surface area contributed by atoms with Crippen LogP contribution in [0.3, 0.4) is 0 Å². The van der Waals surface area contributed by atoms with Crippen molar-refractivity contribution in [3.05, 3.63) is 47.7 Å². The number of nitrogens with one attached hydrogen (secondary N) is 1. The van der Waals surface area contributed by atoms with Crippen molar-refractivity contribution in [3.63, 3.8) is 0 Å². The number of amides is 1. The van der Waals surface area contributed by atoms with Gasteiger partial charge in [-0.2, -0.15) is 0 Å².